The number of carbonyl (C=O) groups excluding carboxylic acids is 1. The topological polar surface area (TPSA) is 20.3 Å². The average Bonchev–Trinajstić information content (AvgIpc) is 2.14. The number of halogens is 4. The number of nitrogens with zero attached hydrogens (tertiary/aromatic N) is 1. The average molecular weight is 250 g/mol. The standard InChI is InChI=1S/C9H9BClF3NO/c1-15(2)9(16)6-3-4-7(8(11)5-6)10(12,13)14/h3-5H,1-2H3/q-1. The minimum atomic E-state index is -5.14. The van der Waals surface area contributed by atoms with Crippen molar-refractivity contribution >= 4 is 29.9 Å². The Kier molecular flexibility index (Phi) is 3.52. The van der Waals surface area contributed by atoms with E-state index in [9.17, 15) is 17.7 Å². The van der Waals surface area contributed by atoms with Gasteiger partial charge in [0.2, 0.25) is 0 Å². The van der Waals surface area contributed by atoms with E-state index in [2.05, 4.69) is 0 Å². The number of carbonyl (C=O) groups is 1. The van der Waals surface area contributed by atoms with Crippen LogP contribution in [0.2, 0.25) is 5.02 Å². The van der Waals surface area contributed by atoms with E-state index in [1.54, 1.807) is 0 Å². The molecule has 0 aromatic heterocycles. The summed E-state index contributed by atoms with van der Waals surface area (Å²) in [6.45, 7) is -5.14. The Balaban J connectivity index is 3.15. The fraction of sp³-hybridized carbons (Fsp3) is 0.222. The van der Waals surface area contributed by atoms with Crippen molar-refractivity contribution in [2.24, 2.45) is 0 Å². The van der Waals surface area contributed by atoms with Crippen molar-refractivity contribution < 1.29 is 17.7 Å². The van der Waals surface area contributed by atoms with Crippen LogP contribution in [0.4, 0.5) is 12.9 Å². The Labute approximate surface area is 96.1 Å². The first-order chi connectivity index (χ1) is 7.23. The lowest BCUT2D eigenvalue weighted by Crippen LogP contribution is -2.35. The molecule has 0 fully saturated rings. The van der Waals surface area contributed by atoms with Crippen molar-refractivity contribution in [2.45, 2.75) is 0 Å². The zero-order valence-electron chi connectivity index (χ0n) is 8.68. The Bertz CT molecular complexity index is 420. The number of rotatable bonds is 2. The number of hydrogen-bond acceptors (Lipinski definition) is 1. The summed E-state index contributed by atoms with van der Waals surface area (Å²) in [5, 5.41) is -0.444. The normalized spacial score (nSPS) is 11.4. The third kappa shape index (κ3) is 2.69. The van der Waals surface area contributed by atoms with Crippen LogP contribution in [0.25, 0.3) is 0 Å². The number of benzene rings is 1. The van der Waals surface area contributed by atoms with Gasteiger partial charge < -0.3 is 17.8 Å². The highest BCUT2D eigenvalue weighted by molar-refractivity contribution is 6.76. The molecule has 16 heavy (non-hydrogen) atoms. The molecule has 0 heterocycles. The molecule has 0 aliphatic rings. The molecule has 0 atom stereocenters. The van der Waals surface area contributed by atoms with Crippen LogP contribution in [0.1, 0.15) is 10.4 Å². The first-order valence-corrected chi connectivity index (χ1v) is 4.82. The summed E-state index contributed by atoms with van der Waals surface area (Å²) >= 11 is 5.49. The SMILES string of the molecule is CN(C)C(=O)c1ccc([B-](F)(F)F)c(Cl)c1. The van der Waals surface area contributed by atoms with Crippen LogP contribution < -0.4 is 5.46 Å². The maximum Gasteiger partial charge on any atom is 0.511 e. The van der Waals surface area contributed by atoms with Gasteiger partial charge in [0, 0.05) is 24.7 Å². The van der Waals surface area contributed by atoms with Crippen molar-refractivity contribution in [1.29, 1.82) is 0 Å². The summed E-state index contributed by atoms with van der Waals surface area (Å²) in [6, 6.07) is 2.99. The van der Waals surface area contributed by atoms with Crippen LogP contribution in [-0.4, -0.2) is 31.9 Å². The van der Waals surface area contributed by atoms with Gasteiger partial charge in [-0.3, -0.25) is 4.79 Å². The summed E-state index contributed by atoms with van der Waals surface area (Å²) < 4.78 is 37.3. The summed E-state index contributed by atoms with van der Waals surface area (Å²) in [5.74, 6) is -0.386. The fourth-order valence-electron chi connectivity index (χ4n) is 1.18. The van der Waals surface area contributed by atoms with Crippen molar-refractivity contribution in [3.05, 3.63) is 28.8 Å². The Morgan fingerprint density at radius 3 is 2.25 bits per heavy atom. The van der Waals surface area contributed by atoms with E-state index < -0.39 is 17.5 Å². The second-order valence-electron chi connectivity index (χ2n) is 3.51. The molecule has 1 amide bonds. The molecular formula is C9H9BClF3NO-. The third-order valence-corrected chi connectivity index (χ3v) is 2.33. The van der Waals surface area contributed by atoms with Gasteiger partial charge in [0.05, 0.1) is 0 Å². The van der Waals surface area contributed by atoms with E-state index in [-0.39, 0.29) is 11.5 Å². The highest BCUT2D eigenvalue weighted by Gasteiger charge is 2.28. The van der Waals surface area contributed by atoms with E-state index in [0.717, 1.165) is 18.2 Å². The molecule has 0 bridgehead atoms. The molecule has 1 aromatic rings. The molecule has 7 heteroatoms. The van der Waals surface area contributed by atoms with Gasteiger partial charge in [-0.25, -0.2) is 0 Å². The first-order valence-electron chi connectivity index (χ1n) is 4.44. The van der Waals surface area contributed by atoms with Gasteiger partial charge in [-0.1, -0.05) is 29.2 Å². The predicted octanol–water partition coefficient (Wildman–Crippen LogP) is 2.10. The lowest BCUT2D eigenvalue weighted by molar-refractivity contribution is 0.0827. The fourth-order valence-corrected chi connectivity index (χ4v) is 1.49. The van der Waals surface area contributed by atoms with Crippen molar-refractivity contribution in [2.75, 3.05) is 14.1 Å². The van der Waals surface area contributed by atoms with Gasteiger partial charge >= 0.3 is 6.98 Å². The van der Waals surface area contributed by atoms with E-state index in [0.29, 0.717) is 0 Å². The molecule has 0 aliphatic carbocycles. The van der Waals surface area contributed by atoms with E-state index in [1.165, 1.54) is 19.0 Å². The van der Waals surface area contributed by atoms with E-state index >= 15 is 0 Å². The molecule has 2 nitrogen and oxygen atoms in total. The van der Waals surface area contributed by atoms with E-state index in [1.807, 2.05) is 0 Å². The van der Waals surface area contributed by atoms with Gasteiger partial charge in [-0.05, 0) is 6.07 Å². The van der Waals surface area contributed by atoms with Crippen molar-refractivity contribution in [3.63, 3.8) is 0 Å². The van der Waals surface area contributed by atoms with Crippen molar-refractivity contribution in [3.8, 4) is 0 Å². The molecule has 0 unspecified atom stereocenters. The minimum Gasteiger partial charge on any atom is -0.445 e. The second-order valence-corrected chi connectivity index (χ2v) is 3.92. The first kappa shape index (κ1) is 12.9. The molecule has 0 radical (unpaired) electrons. The molecule has 1 aromatic carbocycles. The van der Waals surface area contributed by atoms with Crippen LogP contribution in [0.3, 0.4) is 0 Å². The summed E-state index contributed by atoms with van der Waals surface area (Å²) in [4.78, 5) is 12.7. The third-order valence-electron chi connectivity index (χ3n) is 2.01. The molecule has 0 saturated carbocycles. The van der Waals surface area contributed by atoms with Crippen LogP contribution in [0.5, 0.6) is 0 Å². The molecule has 0 saturated heterocycles. The summed E-state index contributed by atoms with van der Waals surface area (Å²) in [6.07, 6.45) is 0. The lowest BCUT2D eigenvalue weighted by Gasteiger charge is -2.18. The van der Waals surface area contributed by atoms with Gasteiger partial charge in [0.1, 0.15) is 0 Å². The second kappa shape index (κ2) is 4.37. The molecular weight excluding hydrogens is 241 g/mol. The summed E-state index contributed by atoms with van der Waals surface area (Å²) in [7, 11) is 3.02. The number of amides is 1. The molecule has 0 N–H and O–H groups in total. The zero-order valence-corrected chi connectivity index (χ0v) is 9.43. The molecule has 0 spiro atoms. The maximum absolute atomic E-state index is 12.4. The van der Waals surface area contributed by atoms with Crippen LogP contribution >= 0.6 is 11.6 Å². The minimum absolute atomic E-state index is 0.138. The highest BCUT2D eigenvalue weighted by Crippen LogP contribution is 2.18. The highest BCUT2D eigenvalue weighted by atomic mass is 35.5. The Morgan fingerprint density at radius 2 is 1.88 bits per heavy atom. The van der Waals surface area contributed by atoms with Crippen LogP contribution in [0.15, 0.2) is 18.2 Å². The number of hydrogen-bond donors (Lipinski definition) is 0. The Morgan fingerprint density at radius 1 is 1.31 bits per heavy atom. The van der Waals surface area contributed by atoms with E-state index in [4.69, 9.17) is 11.6 Å². The summed E-state index contributed by atoms with van der Waals surface area (Å²) in [5.41, 5.74) is -0.740. The lowest BCUT2D eigenvalue weighted by atomic mass is 9.79. The van der Waals surface area contributed by atoms with Crippen LogP contribution in [0, 0.1) is 0 Å². The quantitative estimate of drug-likeness (QED) is 0.736. The largest absolute Gasteiger partial charge is 0.511 e. The van der Waals surface area contributed by atoms with Gasteiger partial charge in [-0.2, -0.15) is 0 Å². The van der Waals surface area contributed by atoms with Crippen molar-refractivity contribution in [1.82, 2.24) is 4.90 Å². The van der Waals surface area contributed by atoms with Gasteiger partial charge in [0.25, 0.3) is 5.91 Å². The van der Waals surface area contributed by atoms with Crippen LogP contribution in [-0.2, 0) is 0 Å². The van der Waals surface area contributed by atoms with Gasteiger partial charge in [-0.15, -0.1) is 0 Å². The predicted molar refractivity (Wildman–Crippen MR) is 58.2 cm³/mol. The molecule has 0 aliphatic heterocycles. The monoisotopic (exact) mass is 250 g/mol. The maximum atomic E-state index is 12.4. The zero-order chi connectivity index (χ0) is 12.5. The Hall–Kier alpha value is -1.17. The molecule has 88 valence electrons. The molecule has 1 rings (SSSR count). The van der Waals surface area contributed by atoms with Gasteiger partial charge in [0.15, 0.2) is 0 Å². The smallest absolute Gasteiger partial charge is 0.445 e.